The highest BCUT2D eigenvalue weighted by Gasteiger charge is 2.16. The quantitative estimate of drug-likeness (QED) is 0.853. The highest BCUT2D eigenvalue weighted by atomic mass is 16.7. The SMILES string of the molecule is COn1nnc(C(=O)Nc2ccccc2)c1C. The molecule has 0 atom stereocenters. The van der Waals surface area contributed by atoms with E-state index in [4.69, 9.17) is 4.84 Å². The van der Waals surface area contributed by atoms with Crippen LogP contribution in [0.3, 0.4) is 0 Å². The average Bonchev–Trinajstić information content (AvgIpc) is 2.71. The summed E-state index contributed by atoms with van der Waals surface area (Å²) >= 11 is 0. The largest absolute Gasteiger partial charge is 0.399 e. The molecule has 88 valence electrons. The highest BCUT2D eigenvalue weighted by Crippen LogP contribution is 2.09. The second-order valence-corrected chi connectivity index (χ2v) is 3.40. The van der Waals surface area contributed by atoms with Gasteiger partial charge in [-0.3, -0.25) is 4.79 Å². The Morgan fingerprint density at radius 1 is 1.35 bits per heavy atom. The molecule has 1 aromatic carbocycles. The second kappa shape index (κ2) is 4.65. The number of nitrogens with zero attached hydrogens (tertiary/aromatic N) is 3. The molecule has 1 aromatic heterocycles. The maximum atomic E-state index is 11.9. The maximum Gasteiger partial charge on any atom is 0.278 e. The van der Waals surface area contributed by atoms with E-state index in [1.54, 1.807) is 19.1 Å². The van der Waals surface area contributed by atoms with Crippen LogP contribution in [0.4, 0.5) is 5.69 Å². The van der Waals surface area contributed by atoms with Crippen molar-refractivity contribution < 1.29 is 9.63 Å². The van der Waals surface area contributed by atoms with Crippen molar-refractivity contribution in [3.63, 3.8) is 0 Å². The third-order valence-corrected chi connectivity index (χ3v) is 2.28. The summed E-state index contributed by atoms with van der Waals surface area (Å²) in [6.45, 7) is 1.71. The molecule has 1 heterocycles. The van der Waals surface area contributed by atoms with Gasteiger partial charge in [-0.25, -0.2) is 0 Å². The molecule has 0 aliphatic rings. The molecule has 0 radical (unpaired) electrons. The minimum Gasteiger partial charge on any atom is -0.399 e. The lowest BCUT2D eigenvalue weighted by atomic mass is 10.3. The Kier molecular flexibility index (Phi) is 3.04. The van der Waals surface area contributed by atoms with Crippen LogP contribution in [0.5, 0.6) is 0 Å². The van der Waals surface area contributed by atoms with E-state index in [-0.39, 0.29) is 11.6 Å². The van der Waals surface area contributed by atoms with Crippen LogP contribution in [0.25, 0.3) is 0 Å². The third kappa shape index (κ3) is 2.25. The fourth-order valence-corrected chi connectivity index (χ4v) is 1.41. The van der Waals surface area contributed by atoms with Crippen molar-refractivity contribution in [2.24, 2.45) is 0 Å². The van der Waals surface area contributed by atoms with Gasteiger partial charge in [-0.1, -0.05) is 23.0 Å². The smallest absolute Gasteiger partial charge is 0.278 e. The van der Waals surface area contributed by atoms with Gasteiger partial charge >= 0.3 is 0 Å². The fraction of sp³-hybridized carbons (Fsp3) is 0.182. The number of carbonyl (C=O) groups is 1. The standard InChI is InChI=1S/C11H12N4O2/c1-8-10(13-14-15(8)17-2)11(16)12-9-6-4-3-5-7-9/h3-7H,1-2H3,(H,12,16). The van der Waals surface area contributed by atoms with Crippen molar-refractivity contribution in [2.75, 3.05) is 12.4 Å². The molecule has 2 aromatic rings. The maximum absolute atomic E-state index is 11.9. The number of para-hydroxylation sites is 1. The van der Waals surface area contributed by atoms with Crippen molar-refractivity contribution in [3.8, 4) is 0 Å². The monoisotopic (exact) mass is 232 g/mol. The van der Waals surface area contributed by atoms with Gasteiger partial charge in [-0.15, -0.1) is 5.10 Å². The number of amides is 1. The Morgan fingerprint density at radius 3 is 2.65 bits per heavy atom. The molecule has 0 bridgehead atoms. The van der Waals surface area contributed by atoms with Gasteiger partial charge in [-0.2, -0.15) is 0 Å². The van der Waals surface area contributed by atoms with E-state index in [9.17, 15) is 4.79 Å². The van der Waals surface area contributed by atoms with Crippen LogP contribution >= 0.6 is 0 Å². The zero-order chi connectivity index (χ0) is 12.3. The molecular formula is C11H12N4O2. The predicted octanol–water partition coefficient (Wildman–Crippen LogP) is 0.897. The van der Waals surface area contributed by atoms with Gasteiger partial charge in [0.05, 0.1) is 0 Å². The number of benzene rings is 1. The normalized spacial score (nSPS) is 10.0. The van der Waals surface area contributed by atoms with E-state index in [0.29, 0.717) is 11.4 Å². The number of hydrogen-bond donors (Lipinski definition) is 1. The Hall–Kier alpha value is -2.37. The number of nitrogens with one attached hydrogen (secondary N) is 1. The topological polar surface area (TPSA) is 69.0 Å². The van der Waals surface area contributed by atoms with Crippen LogP contribution < -0.4 is 10.2 Å². The lowest BCUT2D eigenvalue weighted by Gasteiger charge is -2.03. The zero-order valence-corrected chi connectivity index (χ0v) is 9.54. The number of anilines is 1. The summed E-state index contributed by atoms with van der Waals surface area (Å²) in [5.41, 5.74) is 1.51. The van der Waals surface area contributed by atoms with Gasteiger partial charge in [0.25, 0.3) is 5.91 Å². The van der Waals surface area contributed by atoms with Crippen LogP contribution in [0.15, 0.2) is 30.3 Å². The van der Waals surface area contributed by atoms with Crippen LogP contribution in [0, 0.1) is 6.92 Å². The van der Waals surface area contributed by atoms with Crippen molar-refractivity contribution >= 4 is 11.6 Å². The minimum atomic E-state index is -0.308. The highest BCUT2D eigenvalue weighted by molar-refractivity contribution is 6.03. The first-order valence-corrected chi connectivity index (χ1v) is 5.05. The van der Waals surface area contributed by atoms with E-state index >= 15 is 0 Å². The van der Waals surface area contributed by atoms with E-state index in [0.717, 1.165) is 0 Å². The van der Waals surface area contributed by atoms with Gasteiger partial charge in [0.15, 0.2) is 5.69 Å². The number of rotatable bonds is 3. The lowest BCUT2D eigenvalue weighted by molar-refractivity contribution is 0.101. The van der Waals surface area contributed by atoms with Gasteiger partial charge in [0, 0.05) is 5.69 Å². The summed E-state index contributed by atoms with van der Waals surface area (Å²) < 4.78 is 0. The van der Waals surface area contributed by atoms with Crippen molar-refractivity contribution in [3.05, 3.63) is 41.7 Å². The van der Waals surface area contributed by atoms with Crippen molar-refractivity contribution in [2.45, 2.75) is 6.92 Å². The molecule has 0 aliphatic carbocycles. The van der Waals surface area contributed by atoms with Gasteiger partial charge in [0.2, 0.25) is 0 Å². The van der Waals surface area contributed by atoms with Crippen molar-refractivity contribution in [1.82, 2.24) is 15.2 Å². The Balaban J connectivity index is 2.18. The molecule has 0 unspecified atom stereocenters. The van der Waals surface area contributed by atoms with E-state index in [1.807, 2.05) is 18.2 Å². The molecule has 0 saturated carbocycles. The molecule has 0 fully saturated rings. The summed E-state index contributed by atoms with van der Waals surface area (Å²) in [5, 5.41) is 10.2. The van der Waals surface area contributed by atoms with Crippen LogP contribution in [-0.2, 0) is 0 Å². The summed E-state index contributed by atoms with van der Waals surface area (Å²) in [4.78, 5) is 18.0. The molecule has 6 nitrogen and oxygen atoms in total. The second-order valence-electron chi connectivity index (χ2n) is 3.40. The Labute approximate surface area is 98.2 Å². The first kappa shape index (κ1) is 11.1. The van der Waals surface area contributed by atoms with Gasteiger partial charge in [0.1, 0.15) is 12.8 Å². The molecular weight excluding hydrogens is 220 g/mol. The van der Waals surface area contributed by atoms with E-state index in [1.165, 1.54) is 12.0 Å². The first-order chi connectivity index (χ1) is 8.22. The molecule has 6 heteroatoms. The lowest BCUT2D eigenvalue weighted by Crippen LogP contribution is -2.15. The molecule has 0 aliphatic heterocycles. The first-order valence-electron chi connectivity index (χ1n) is 5.05. The van der Waals surface area contributed by atoms with Gasteiger partial charge in [-0.05, 0) is 24.3 Å². The number of carbonyl (C=O) groups excluding carboxylic acids is 1. The average molecular weight is 232 g/mol. The van der Waals surface area contributed by atoms with Crippen LogP contribution in [0.2, 0.25) is 0 Å². The van der Waals surface area contributed by atoms with Crippen molar-refractivity contribution in [1.29, 1.82) is 0 Å². The predicted molar refractivity (Wildman–Crippen MR) is 61.7 cm³/mol. The third-order valence-electron chi connectivity index (χ3n) is 2.28. The summed E-state index contributed by atoms with van der Waals surface area (Å²) in [7, 11) is 1.46. The molecule has 1 N–H and O–H groups in total. The molecule has 17 heavy (non-hydrogen) atoms. The molecule has 1 amide bonds. The number of aromatic nitrogens is 3. The Bertz CT molecular complexity index is 522. The van der Waals surface area contributed by atoms with Gasteiger partial charge < -0.3 is 10.2 Å². The molecule has 0 spiro atoms. The Morgan fingerprint density at radius 2 is 2.06 bits per heavy atom. The van der Waals surface area contributed by atoms with E-state index < -0.39 is 0 Å². The summed E-state index contributed by atoms with van der Waals surface area (Å²) in [5.74, 6) is -0.308. The van der Waals surface area contributed by atoms with Crippen LogP contribution in [-0.4, -0.2) is 28.2 Å². The van der Waals surface area contributed by atoms with Crippen LogP contribution in [0.1, 0.15) is 16.2 Å². The zero-order valence-electron chi connectivity index (χ0n) is 9.54. The fourth-order valence-electron chi connectivity index (χ4n) is 1.41. The molecule has 2 rings (SSSR count). The summed E-state index contributed by atoms with van der Waals surface area (Å²) in [6.07, 6.45) is 0. The minimum absolute atomic E-state index is 0.246. The molecule has 0 saturated heterocycles. The summed E-state index contributed by atoms with van der Waals surface area (Å²) in [6, 6.07) is 9.16. The number of hydrogen-bond acceptors (Lipinski definition) is 4. The van der Waals surface area contributed by atoms with E-state index in [2.05, 4.69) is 15.6 Å².